The van der Waals surface area contributed by atoms with Crippen LogP contribution in [0.2, 0.25) is 5.02 Å². The number of hydrogen-bond acceptors (Lipinski definition) is 2. The van der Waals surface area contributed by atoms with Gasteiger partial charge in [0.2, 0.25) is 0 Å². The molecule has 3 N–H and O–H groups in total. The van der Waals surface area contributed by atoms with Gasteiger partial charge in [-0.25, -0.2) is 14.2 Å². The Bertz CT molecular complexity index is 649. The minimum absolute atomic E-state index is 0.000380. The summed E-state index contributed by atoms with van der Waals surface area (Å²) in [6.45, 7) is 1.86. The molecule has 0 heterocycles. The number of nitrogens with one attached hydrogen (secondary N) is 1. The van der Waals surface area contributed by atoms with Crippen molar-refractivity contribution in [3.8, 4) is 0 Å². The Hall–Kier alpha value is -1.01. The monoisotopic (exact) mass is 360 g/mol. The van der Waals surface area contributed by atoms with Crippen LogP contribution in [0.5, 0.6) is 0 Å². The predicted molar refractivity (Wildman–Crippen MR) is 79.4 cm³/mol. The maximum atomic E-state index is 14.0. The molecule has 20 heavy (non-hydrogen) atoms. The van der Waals surface area contributed by atoms with Gasteiger partial charge >= 0.3 is 0 Å². The molecular formula is C14H12BrClF2N2. The van der Waals surface area contributed by atoms with Crippen LogP contribution in [-0.4, -0.2) is 0 Å². The van der Waals surface area contributed by atoms with Gasteiger partial charge in [-0.1, -0.05) is 33.6 Å². The highest BCUT2D eigenvalue weighted by Gasteiger charge is 2.23. The smallest absolute Gasteiger partial charge is 0.165 e. The number of hydrazine groups is 1. The summed E-state index contributed by atoms with van der Waals surface area (Å²) in [5, 5.41) is 0.120. The summed E-state index contributed by atoms with van der Waals surface area (Å²) < 4.78 is 28.3. The topological polar surface area (TPSA) is 38.0 Å². The molecule has 1 unspecified atom stereocenters. The second-order valence-electron chi connectivity index (χ2n) is 4.36. The highest BCUT2D eigenvalue weighted by molar-refractivity contribution is 9.10. The van der Waals surface area contributed by atoms with E-state index in [0.717, 1.165) is 21.7 Å². The molecular weight excluding hydrogens is 350 g/mol. The fraction of sp³-hybridized carbons (Fsp3) is 0.143. The van der Waals surface area contributed by atoms with E-state index >= 15 is 0 Å². The first-order valence-corrected chi connectivity index (χ1v) is 6.98. The van der Waals surface area contributed by atoms with E-state index in [-0.39, 0.29) is 10.6 Å². The molecule has 2 aromatic rings. The van der Waals surface area contributed by atoms with E-state index in [1.807, 2.05) is 13.0 Å². The molecule has 1 atom stereocenters. The van der Waals surface area contributed by atoms with Crippen molar-refractivity contribution in [1.82, 2.24) is 5.43 Å². The van der Waals surface area contributed by atoms with Crippen LogP contribution in [-0.2, 0) is 0 Å². The molecule has 0 saturated carbocycles. The van der Waals surface area contributed by atoms with Crippen molar-refractivity contribution < 1.29 is 8.78 Å². The van der Waals surface area contributed by atoms with E-state index in [9.17, 15) is 8.78 Å². The van der Waals surface area contributed by atoms with Gasteiger partial charge < -0.3 is 0 Å². The fourth-order valence-electron chi connectivity index (χ4n) is 2.10. The summed E-state index contributed by atoms with van der Waals surface area (Å²) in [5.74, 6) is 3.57. The van der Waals surface area contributed by atoms with Crippen LogP contribution in [0, 0.1) is 18.6 Å². The van der Waals surface area contributed by atoms with Crippen molar-refractivity contribution in [1.29, 1.82) is 0 Å². The van der Waals surface area contributed by atoms with Gasteiger partial charge in [0.25, 0.3) is 0 Å². The largest absolute Gasteiger partial charge is 0.271 e. The molecule has 0 aliphatic heterocycles. The van der Waals surface area contributed by atoms with E-state index in [0.29, 0.717) is 0 Å². The first-order chi connectivity index (χ1) is 9.45. The molecule has 0 aliphatic rings. The van der Waals surface area contributed by atoms with Crippen molar-refractivity contribution in [3.63, 3.8) is 0 Å². The first-order valence-electron chi connectivity index (χ1n) is 5.81. The van der Waals surface area contributed by atoms with Crippen LogP contribution in [0.4, 0.5) is 8.78 Å². The average Bonchev–Trinajstić information content (AvgIpc) is 2.40. The maximum Gasteiger partial charge on any atom is 0.165 e. The van der Waals surface area contributed by atoms with E-state index in [1.165, 1.54) is 6.07 Å². The van der Waals surface area contributed by atoms with Gasteiger partial charge in [0.05, 0.1) is 6.04 Å². The van der Waals surface area contributed by atoms with Crippen LogP contribution >= 0.6 is 27.5 Å². The normalized spacial score (nSPS) is 12.5. The molecule has 106 valence electrons. The van der Waals surface area contributed by atoms with Crippen LogP contribution in [0.25, 0.3) is 0 Å². The molecule has 6 heteroatoms. The van der Waals surface area contributed by atoms with E-state index in [1.54, 1.807) is 12.1 Å². The van der Waals surface area contributed by atoms with Gasteiger partial charge in [0, 0.05) is 15.1 Å². The predicted octanol–water partition coefficient (Wildman–Crippen LogP) is 4.24. The lowest BCUT2D eigenvalue weighted by atomic mass is 9.95. The zero-order chi connectivity index (χ0) is 14.9. The van der Waals surface area contributed by atoms with E-state index in [4.69, 9.17) is 17.4 Å². The lowest BCUT2D eigenvalue weighted by Crippen LogP contribution is -2.30. The standard InChI is InChI=1S/C14H12BrClF2N2/c1-7-6-8(15)2-3-9(7)14(20-19)12-10(16)4-5-11(17)13(12)18/h2-6,14,20H,19H2,1H3. The lowest BCUT2D eigenvalue weighted by molar-refractivity contribution is 0.483. The lowest BCUT2D eigenvalue weighted by Gasteiger charge is -2.21. The van der Waals surface area contributed by atoms with Gasteiger partial charge in [-0.2, -0.15) is 0 Å². The van der Waals surface area contributed by atoms with Crippen molar-refractivity contribution in [3.05, 3.63) is 68.2 Å². The third-order valence-electron chi connectivity index (χ3n) is 3.08. The Morgan fingerprint density at radius 2 is 1.95 bits per heavy atom. The molecule has 0 aromatic heterocycles. The Morgan fingerprint density at radius 1 is 1.25 bits per heavy atom. The highest BCUT2D eigenvalue weighted by Crippen LogP contribution is 2.33. The fourth-order valence-corrected chi connectivity index (χ4v) is 2.83. The van der Waals surface area contributed by atoms with Gasteiger partial charge in [0.1, 0.15) is 0 Å². The Kier molecular flexibility index (Phi) is 4.75. The summed E-state index contributed by atoms with van der Waals surface area (Å²) in [6, 6.07) is 7.02. The van der Waals surface area contributed by atoms with Crippen LogP contribution in [0.15, 0.2) is 34.8 Å². The van der Waals surface area contributed by atoms with Crippen LogP contribution in [0.3, 0.4) is 0 Å². The number of benzene rings is 2. The van der Waals surface area contributed by atoms with E-state index in [2.05, 4.69) is 21.4 Å². The molecule has 0 saturated heterocycles. The molecule has 0 aliphatic carbocycles. The Labute approximate surface area is 129 Å². The number of halogens is 4. The summed E-state index contributed by atoms with van der Waals surface area (Å²) >= 11 is 9.35. The summed E-state index contributed by atoms with van der Waals surface area (Å²) in [6.07, 6.45) is 0. The summed E-state index contributed by atoms with van der Waals surface area (Å²) in [5.41, 5.74) is 4.10. The van der Waals surface area contributed by atoms with Crippen LogP contribution in [0.1, 0.15) is 22.7 Å². The Morgan fingerprint density at radius 3 is 2.55 bits per heavy atom. The zero-order valence-electron chi connectivity index (χ0n) is 10.6. The van der Waals surface area contributed by atoms with Crippen molar-refractivity contribution in [2.24, 2.45) is 5.84 Å². The SMILES string of the molecule is Cc1cc(Br)ccc1C(NN)c1c(Cl)ccc(F)c1F. The van der Waals surface area contributed by atoms with E-state index < -0.39 is 17.7 Å². The second-order valence-corrected chi connectivity index (χ2v) is 5.68. The van der Waals surface area contributed by atoms with Crippen LogP contribution < -0.4 is 11.3 Å². The summed E-state index contributed by atoms with van der Waals surface area (Å²) in [7, 11) is 0. The number of nitrogens with two attached hydrogens (primary N) is 1. The maximum absolute atomic E-state index is 14.0. The van der Waals surface area contributed by atoms with Gasteiger partial charge in [-0.15, -0.1) is 0 Å². The van der Waals surface area contributed by atoms with Crippen molar-refractivity contribution >= 4 is 27.5 Å². The third-order valence-corrected chi connectivity index (χ3v) is 3.90. The Balaban J connectivity index is 2.61. The minimum atomic E-state index is -0.997. The molecule has 2 rings (SSSR count). The highest BCUT2D eigenvalue weighted by atomic mass is 79.9. The number of aryl methyl sites for hydroxylation is 1. The average molecular weight is 362 g/mol. The molecule has 0 bridgehead atoms. The van der Waals surface area contributed by atoms with Crippen molar-refractivity contribution in [2.75, 3.05) is 0 Å². The number of hydrogen-bond donors (Lipinski definition) is 2. The molecule has 0 amide bonds. The van der Waals surface area contributed by atoms with Crippen molar-refractivity contribution in [2.45, 2.75) is 13.0 Å². The van der Waals surface area contributed by atoms with Gasteiger partial charge in [0.15, 0.2) is 11.6 Å². The third kappa shape index (κ3) is 2.86. The molecule has 0 fully saturated rings. The van der Waals surface area contributed by atoms with Gasteiger partial charge in [-0.3, -0.25) is 5.84 Å². The molecule has 0 spiro atoms. The first kappa shape index (κ1) is 15.4. The molecule has 2 aromatic carbocycles. The summed E-state index contributed by atoms with van der Waals surface area (Å²) in [4.78, 5) is 0. The number of rotatable bonds is 3. The minimum Gasteiger partial charge on any atom is -0.271 e. The second kappa shape index (κ2) is 6.18. The molecule has 0 radical (unpaired) electrons. The van der Waals surface area contributed by atoms with Gasteiger partial charge in [-0.05, 0) is 42.3 Å². The zero-order valence-corrected chi connectivity index (χ0v) is 12.9. The quantitative estimate of drug-likeness (QED) is 0.487. The molecule has 2 nitrogen and oxygen atoms in total.